The quantitative estimate of drug-likeness (QED) is 0.440. The van der Waals surface area contributed by atoms with E-state index in [1.54, 1.807) is 48.0 Å². The topological polar surface area (TPSA) is 92.2 Å². The molecule has 7 nitrogen and oxygen atoms in total. The van der Waals surface area contributed by atoms with Crippen LogP contribution in [0, 0.1) is 0 Å². The van der Waals surface area contributed by atoms with Gasteiger partial charge in [0.05, 0.1) is 22.3 Å². The normalized spacial score (nSPS) is 16.5. The summed E-state index contributed by atoms with van der Waals surface area (Å²) in [5.74, 6) is -1.18. The molecule has 5 rings (SSSR count). The van der Waals surface area contributed by atoms with Gasteiger partial charge in [-0.3, -0.25) is 19.0 Å². The van der Waals surface area contributed by atoms with Crippen LogP contribution < -0.4 is 16.0 Å². The molecule has 3 aromatic rings. The van der Waals surface area contributed by atoms with Crippen LogP contribution in [0.15, 0.2) is 94.8 Å². The monoisotopic (exact) mass is 504 g/mol. The number of allylic oxidation sites excluding steroid dienone is 2. The number of hydrogen-bond donors (Lipinski definition) is 3. The number of benzene rings is 2. The van der Waals surface area contributed by atoms with Crippen LogP contribution in [0.25, 0.3) is 0 Å². The van der Waals surface area contributed by atoms with E-state index in [4.69, 9.17) is 11.6 Å². The summed E-state index contributed by atoms with van der Waals surface area (Å²) in [6.07, 6.45) is 1.69. The zero-order valence-corrected chi connectivity index (χ0v) is 20.2. The van der Waals surface area contributed by atoms with Gasteiger partial charge in [-0.2, -0.15) is 0 Å². The van der Waals surface area contributed by atoms with Crippen molar-refractivity contribution in [3.8, 4) is 0 Å². The number of carbonyl (C=O) groups is 3. The molecule has 0 bridgehead atoms. The number of thioether (sulfide) groups is 1. The summed E-state index contributed by atoms with van der Waals surface area (Å²) in [4.78, 5) is 39.2. The highest BCUT2D eigenvalue weighted by Crippen LogP contribution is 2.46. The third-order valence-corrected chi connectivity index (χ3v) is 7.04. The molecule has 176 valence electrons. The number of rotatable bonds is 6. The molecule has 0 radical (unpaired) electrons. The number of amides is 2. The first-order chi connectivity index (χ1) is 16.9. The maximum absolute atomic E-state index is 13.3. The summed E-state index contributed by atoms with van der Waals surface area (Å²) < 4.78 is 1.56. The molecule has 0 saturated heterocycles. The minimum Gasteiger partial charge on any atom is -0.353 e. The molecular weight excluding hydrogens is 484 g/mol. The maximum Gasteiger partial charge on any atom is 0.261 e. The van der Waals surface area contributed by atoms with Crippen molar-refractivity contribution in [1.29, 1.82) is 0 Å². The van der Waals surface area contributed by atoms with E-state index in [2.05, 4.69) is 16.0 Å². The predicted octanol–water partition coefficient (Wildman–Crippen LogP) is 4.98. The Hall–Kier alpha value is -3.75. The maximum atomic E-state index is 13.3. The third-order valence-electron chi connectivity index (χ3n) is 5.78. The van der Waals surface area contributed by atoms with Gasteiger partial charge in [0.2, 0.25) is 5.91 Å². The summed E-state index contributed by atoms with van der Waals surface area (Å²) in [6, 6.07) is 19.7. The Bertz CT molecular complexity index is 1410. The Kier molecular flexibility index (Phi) is 6.23. The van der Waals surface area contributed by atoms with Crippen LogP contribution in [-0.2, 0) is 9.59 Å². The van der Waals surface area contributed by atoms with Crippen LogP contribution in [0.5, 0.6) is 0 Å². The van der Waals surface area contributed by atoms with Crippen LogP contribution in [0.3, 0.4) is 0 Å². The largest absolute Gasteiger partial charge is 0.353 e. The molecule has 0 fully saturated rings. The second kappa shape index (κ2) is 9.48. The van der Waals surface area contributed by atoms with Crippen molar-refractivity contribution in [3.05, 3.63) is 106 Å². The molecule has 2 aliphatic heterocycles. The van der Waals surface area contributed by atoms with Gasteiger partial charge in [0.15, 0.2) is 0 Å². The zero-order valence-electron chi connectivity index (χ0n) is 18.7. The van der Waals surface area contributed by atoms with Crippen LogP contribution >= 0.6 is 23.4 Å². The minimum absolute atomic E-state index is 0.0755. The van der Waals surface area contributed by atoms with Crippen LogP contribution in [0.2, 0.25) is 5.02 Å². The number of anilines is 2. The van der Waals surface area contributed by atoms with Crippen molar-refractivity contribution in [2.45, 2.75) is 12.8 Å². The molecular formula is C26H21ClN4O3S. The lowest BCUT2D eigenvalue weighted by Gasteiger charge is -2.27. The molecule has 1 atom stereocenters. The van der Waals surface area contributed by atoms with E-state index >= 15 is 0 Å². The first kappa shape index (κ1) is 23.0. The first-order valence-corrected chi connectivity index (χ1v) is 12.3. The standard InChI is InChI=1S/C26H21ClN4O3S/c1-15-21(24(33)30-17-8-3-2-4-9-17)22-19-11-6-12-31(19)26(34)23(22)25(28-15)35-14-20(32)29-18-10-5-7-16(27)13-18/h2-13,22,28H,14H2,1H3,(H,29,32)(H,30,33). The van der Waals surface area contributed by atoms with E-state index < -0.39 is 5.92 Å². The lowest BCUT2D eigenvalue weighted by atomic mass is 9.86. The average Bonchev–Trinajstić information content (AvgIpc) is 3.41. The summed E-state index contributed by atoms with van der Waals surface area (Å²) in [5.41, 5.74) is 3.56. The zero-order chi connectivity index (χ0) is 24.5. The number of nitrogens with one attached hydrogen (secondary N) is 3. The molecule has 2 aliphatic rings. The molecule has 9 heteroatoms. The van der Waals surface area contributed by atoms with Crippen molar-refractivity contribution < 1.29 is 14.4 Å². The summed E-state index contributed by atoms with van der Waals surface area (Å²) in [6.45, 7) is 1.80. The van der Waals surface area contributed by atoms with Gasteiger partial charge in [0, 0.05) is 39.6 Å². The Balaban J connectivity index is 1.40. The highest BCUT2D eigenvalue weighted by Gasteiger charge is 2.44. The van der Waals surface area contributed by atoms with E-state index in [1.165, 1.54) is 11.8 Å². The fraction of sp³-hybridized carbons (Fsp3) is 0.115. The molecule has 35 heavy (non-hydrogen) atoms. The number of dihydropyridines is 1. The highest BCUT2D eigenvalue weighted by atomic mass is 35.5. The van der Waals surface area contributed by atoms with Crippen LogP contribution in [-0.4, -0.2) is 28.0 Å². The first-order valence-electron chi connectivity index (χ1n) is 10.9. The fourth-order valence-electron chi connectivity index (χ4n) is 4.29. The molecule has 3 N–H and O–H groups in total. The van der Waals surface area contributed by atoms with E-state index in [9.17, 15) is 14.4 Å². The molecule has 1 aromatic heterocycles. The fourth-order valence-corrected chi connectivity index (χ4v) is 5.42. The van der Waals surface area contributed by atoms with Crippen LogP contribution in [0.4, 0.5) is 11.4 Å². The van der Waals surface area contributed by atoms with Gasteiger partial charge in [-0.05, 0) is 49.4 Å². The number of aromatic nitrogens is 1. The Morgan fingerprint density at radius 1 is 1.03 bits per heavy atom. The molecule has 1 unspecified atom stereocenters. The Morgan fingerprint density at radius 2 is 1.80 bits per heavy atom. The van der Waals surface area contributed by atoms with Gasteiger partial charge in [0.1, 0.15) is 0 Å². The van der Waals surface area contributed by atoms with Crippen molar-refractivity contribution in [2.24, 2.45) is 0 Å². The predicted molar refractivity (Wildman–Crippen MR) is 138 cm³/mol. The van der Waals surface area contributed by atoms with E-state index in [1.807, 2.05) is 36.4 Å². The van der Waals surface area contributed by atoms with Crippen molar-refractivity contribution in [1.82, 2.24) is 9.88 Å². The van der Waals surface area contributed by atoms with E-state index in [-0.39, 0.29) is 23.5 Å². The van der Waals surface area contributed by atoms with Gasteiger partial charge < -0.3 is 16.0 Å². The molecule has 0 spiro atoms. The number of hydrogen-bond acceptors (Lipinski definition) is 5. The molecule has 2 amide bonds. The molecule has 3 heterocycles. The SMILES string of the molecule is CC1=C(C(=O)Nc2ccccc2)C2C(=C(SCC(=O)Nc3cccc(Cl)c3)N1)C(=O)n1cccc12. The highest BCUT2D eigenvalue weighted by molar-refractivity contribution is 8.03. The van der Waals surface area contributed by atoms with Crippen LogP contribution in [0.1, 0.15) is 23.3 Å². The van der Waals surface area contributed by atoms with E-state index in [0.29, 0.717) is 38.3 Å². The summed E-state index contributed by atoms with van der Waals surface area (Å²) in [7, 11) is 0. The molecule has 0 aliphatic carbocycles. The van der Waals surface area contributed by atoms with Gasteiger partial charge in [-0.1, -0.05) is 47.6 Å². The number of nitrogens with zero attached hydrogens (tertiary/aromatic N) is 1. The van der Waals surface area contributed by atoms with Crippen molar-refractivity contribution >= 4 is 52.5 Å². The van der Waals surface area contributed by atoms with E-state index in [0.717, 1.165) is 5.69 Å². The number of halogens is 1. The summed E-state index contributed by atoms with van der Waals surface area (Å²) >= 11 is 7.22. The smallest absolute Gasteiger partial charge is 0.261 e. The van der Waals surface area contributed by atoms with Gasteiger partial charge >= 0.3 is 0 Å². The van der Waals surface area contributed by atoms with Gasteiger partial charge in [-0.25, -0.2) is 0 Å². The molecule has 0 saturated carbocycles. The Labute approximate surface area is 211 Å². The van der Waals surface area contributed by atoms with Crippen molar-refractivity contribution in [2.75, 3.05) is 16.4 Å². The minimum atomic E-state index is -0.527. The number of fused-ring (bicyclic) bond motifs is 3. The average molecular weight is 505 g/mol. The third kappa shape index (κ3) is 4.50. The number of carbonyl (C=O) groups excluding carboxylic acids is 3. The van der Waals surface area contributed by atoms with Gasteiger partial charge in [0.25, 0.3) is 11.8 Å². The van der Waals surface area contributed by atoms with Crippen molar-refractivity contribution in [3.63, 3.8) is 0 Å². The number of para-hydroxylation sites is 1. The van der Waals surface area contributed by atoms with Gasteiger partial charge in [-0.15, -0.1) is 0 Å². The Morgan fingerprint density at radius 3 is 2.57 bits per heavy atom. The molecule has 2 aromatic carbocycles. The lowest BCUT2D eigenvalue weighted by molar-refractivity contribution is -0.114. The summed E-state index contributed by atoms with van der Waals surface area (Å²) in [5, 5.41) is 10.0. The second-order valence-electron chi connectivity index (χ2n) is 8.12. The lowest BCUT2D eigenvalue weighted by Crippen LogP contribution is -2.31. The second-order valence-corrected chi connectivity index (χ2v) is 9.54.